The lowest BCUT2D eigenvalue weighted by molar-refractivity contribution is -0.146. The SMILES string of the molecule is CCC(=O)OC1C=CC(=O)C1. The first-order valence-corrected chi connectivity index (χ1v) is 3.63. The Morgan fingerprint density at radius 2 is 2.55 bits per heavy atom. The van der Waals surface area contributed by atoms with Gasteiger partial charge < -0.3 is 4.74 Å². The quantitative estimate of drug-likeness (QED) is 0.553. The predicted molar refractivity (Wildman–Crippen MR) is 38.9 cm³/mol. The van der Waals surface area contributed by atoms with Crippen molar-refractivity contribution in [3.05, 3.63) is 12.2 Å². The Bertz CT molecular complexity index is 205. The molecule has 0 N–H and O–H groups in total. The highest BCUT2D eigenvalue weighted by atomic mass is 16.5. The molecule has 0 fully saturated rings. The molecule has 0 aromatic carbocycles. The van der Waals surface area contributed by atoms with Crippen molar-refractivity contribution >= 4 is 11.8 Å². The van der Waals surface area contributed by atoms with Crippen molar-refractivity contribution in [3.8, 4) is 0 Å². The Kier molecular flexibility index (Phi) is 2.41. The van der Waals surface area contributed by atoms with Gasteiger partial charge in [0, 0.05) is 6.42 Å². The average molecular weight is 154 g/mol. The molecule has 1 unspecified atom stereocenters. The van der Waals surface area contributed by atoms with Crippen LogP contribution in [0, 0.1) is 0 Å². The van der Waals surface area contributed by atoms with Gasteiger partial charge in [0.1, 0.15) is 6.10 Å². The molecule has 3 heteroatoms. The van der Waals surface area contributed by atoms with E-state index < -0.39 is 0 Å². The number of ether oxygens (including phenoxy) is 1. The van der Waals surface area contributed by atoms with Gasteiger partial charge in [-0.1, -0.05) is 6.92 Å². The second-order valence-electron chi connectivity index (χ2n) is 2.41. The molecule has 0 saturated carbocycles. The molecule has 0 aliphatic heterocycles. The maximum Gasteiger partial charge on any atom is 0.306 e. The molecule has 3 nitrogen and oxygen atoms in total. The lowest BCUT2D eigenvalue weighted by Gasteiger charge is -2.06. The minimum atomic E-state index is -0.310. The van der Waals surface area contributed by atoms with Crippen LogP contribution in [-0.4, -0.2) is 17.9 Å². The third kappa shape index (κ3) is 2.18. The normalized spacial score (nSPS) is 22.3. The largest absolute Gasteiger partial charge is 0.458 e. The van der Waals surface area contributed by atoms with Crippen LogP contribution >= 0.6 is 0 Å². The van der Waals surface area contributed by atoms with E-state index in [-0.39, 0.29) is 17.9 Å². The molecule has 0 aromatic heterocycles. The number of ketones is 1. The monoisotopic (exact) mass is 154 g/mol. The van der Waals surface area contributed by atoms with Gasteiger partial charge in [0.2, 0.25) is 0 Å². The third-order valence-electron chi connectivity index (χ3n) is 1.47. The van der Waals surface area contributed by atoms with Gasteiger partial charge in [-0.3, -0.25) is 9.59 Å². The van der Waals surface area contributed by atoms with Crippen LogP contribution in [0.4, 0.5) is 0 Å². The summed E-state index contributed by atoms with van der Waals surface area (Å²) in [6.07, 6.45) is 3.43. The zero-order valence-electron chi connectivity index (χ0n) is 6.37. The summed E-state index contributed by atoms with van der Waals surface area (Å²) in [6.45, 7) is 1.73. The molecule has 0 radical (unpaired) electrons. The van der Waals surface area contributed by atoms with Gasteiger partial charge in [0.15, 0.2) is 5.78 Å². The number of carbonyl (C=O) groups is 2. The van der Waals surface area contributed by atoms with Crippen LogP contribution in [0.1, 0.15) is 19.8 Å². The number of rotatable bonds is 2. The molecule has 11 heavy (non-hydrogen) atoms. The summed E-state index contributed by atoms with van der Waals surface area (Å²) in [5.41, 5.74) is 0. The summed E-state index contributed by atoms with van der Waals surface area (Å²) in [4.78, 5) is 21.4. The number of hydrogen-bond acceptors (Lipinski definition) is 3. The molecule has 1 atom stereocenters. The molecule has 1 rings (SSSR count). The summed E-state index contributed by atoms with van der Waals surface area (Å²) in [6, 6.07) is 0. The van der Waals surface area contributed by atoms with E-state index in [1.54, 1.807) is 13.0 Å². The Balaban J connectivity index is 2.35. The fourth-order valence-corrected chi connectivity index (χ4v) is 0.882. The van der Waals surface area contributed by atoms with Crippen LogP contribution in [0.3, 0.4) is 0 Å². The molecule has 0 spiro atoms. The maximum absolute atomic E-state index is 10.7. The van der Waals surface area contributed by atoms with Crippen LogP contribution in [0.25, 0.3) is 0 Å². The van der Waals surface area contributed by atoms with Gasteiger partial charge >= 0.3 is 5.97 Å². The van der Waals surface area contributed by atoms with Crippen molar-refractivity contribution < 1.29 is 14.3 Å². The van der Waals surface area contributed by atoms with Gasteiger partial charge in [-0.2, -0.15) is 0 Å². The zero-order chi connectivity index (χ0) is 8.27. The van der Waals surface area contributed by atoms with Crippen LogP contribution in [0.2, 0.25) is 0 Å². The van der Waals surface area contributed by atoms with Gasteiger partial charge in [-0.05, 0) is 12.2 Å². The molecular formula is C8H10O3. The summed E-state index contributed by atoms with van der Waals surface area (Å²) >= 11 is 0. The van der Waals surface area contributed by atoms with E-state index in [2.05, 4.69) is 0 Å². The minimum Gasteiger partial charge on any atom is -0.458 e. The van der Waals surface area contributed by atoms with E-state index >= 15 is 0 Å². The van der Waals surface area contributed by atoms with E-state index in [0.717, 1.165) is 0 Å². The van der Waals surface area contributed by atoms with E-state index in [4.69, 9.17) is 4.74 Å². The second-order valence-corrected chi connectivity index (χ2v) is 2.41. The summed E-state index contributed by atoms with van der Waals surface area (Å²) in [5, 5.41) is 0. The Labute approximate surface area is 65.0 Å². The highest BCUT2D eigenvalue weighted by Crippen LogP contribution is 2.10. The first-order chi connectivity index (χ1) is 5.22. The van der Waals surface area contributed by atoms with Gasteiger partial charge in [0.05, 0.1) is 6.42 Å². The van der Waals surface area contributed by atoms with Crippen molar-refractivity contribution in [3.63, 3.8) is 0 Å². The highest BCUT2D eigenvalue weighted by Gasteiger charge is 2.18. The van der Waals surface area contributed by atoms with Crippen LogP contribution in [0.5, 0.6) is 0 Å². The highest BCUT2D eigenvalue weighted by molar-refractivity contribution is 5.93. The van der Waals surface area contributed by atoms with E-state index in [0.29, 0.717) is 12.8 Å². The zero-order valence-corrected chi connectivity index (χ0v) is 6.37. The second kappa shape index (κ2) is 3.32. The van der Waals surface area contributed by atoms with Crippen molar-refractivity contribution in [2.24, 2.45) is 0 Å². The van der Waals surface area contributed by atoms with Crippen molar-refractivity contribution in [1.82, 2.24) is 0 Å². The molecule has 0 heterocycles. The van der Waals surface area contributed by atoms with Gasteiger partial charge in [-0.25, -0.2) is 0 Å². The molecule has 1 aliphatic carbocycles. The van der Waals surface area contributed by atoms with E-state index in [9.17, 15) is 9.59 Å². The van der Waals surface area contributed by atoms with Gasteiger partial charge in [-0.15, -0.1) is 0 Å². The molecule has 0 bridgehead atoms. The standard InChI is InChI=1S/C8H10O3/c1-2-8(10)11-7-4-3-6(9)5-7/h3-4,7H,2,5H2,1H3. The minimum absolute atomic E-state index is 0.0268. The number of carbonyl (C=O) groups excluding carboxylic acids is 2. The summed E-state index contributed by atoms with van der Waals surface area (Å²) < 4.78 is 4.88. The maximum atomic E-state index is 10.7. The van der Waals surface area contributed by atoms with Crippen LogP contribution < -0.4 is 0 Å². The lowest BCUT2D eigenvalue weighted by atomic mass is 10.3. The first kappa shape index (κ1) is 7.98. The molecule has 60 valence electrons. The average Bonchev–Trinajstić information content (AvgIpc) is 2.35. The predicted octanol–water partition coefficient (Wildman–Crippen LogP) is 0.837. The molecule has 0 saturated heterocycles. The van der Waals surface area contributed by atoms with E-state index in [1.807, 2.05) is 0 Å². The Morgan fingerprint density at radius 3 is 3.00 bits per heavy atom. The molecule has 1 aliphatic rings. The Morgan fingerprint density at radius 1 is 1.82 bits per heavy atom. The summed E-state index contributed by atoms with van der Waals surface area (Å²) in [5.74, 6) is -0.228. The topological polar surface area (TPSA) is 43.4 Å². The third-order valence-corrected chi connectivity index (χ3v) is 1.47. The molecule has 0 aromatic rings. The molecular weight excluding hydrogens is 144 g/mol. The van der Waals surface area contributed by atoms with Crippen LogP contribution in [0.15, 0.2) is 12.2 Å². The summed E-state index contributed by atoms with van der Waals surface area (Å²) in [7, 11) is 0. The first-order valence-electron chi connectivity index (χ1n) is 3.63. The molecule has 0 amide bonds. The number of hydrogen-bond donors (Lipinski definition) is 0. The fourth-order valence-electron chi connectivity index (χ4n) is 0.882. The number of esters is 1. The number of allylic oxidation sites excluding steroid dienone is 1. The fraction of sp³-hybridized carbons (Fsp3) is 0.500. The van der Waals surface area contributed by atoms with Crippen molar-refractivity contribution in [1.29, 1.82) is 0 Å². The lowest BCUT2D eigenvalue weighted by Crippen LogP contribution is -2.13. The smallest absolute Gasteiger partial charge is 0.306 e. The van der Waals surface area contributed by atoms with Crippen molar-refractivity contribution in [2.75, 3.05) is 0 Å². The Hall–Kier alpha value is -1.12. The van der Waals surface area contributed by atoms with E-state index in [1.165, 1.54) is 6.08 Å². The van der Waals surface area contributed by atoms with Gasteiger partial charge in [0.25, 0.3) is 0 Å². The van der Waals surface area contributed by atoms with Crippen LogP contribution in [-0.2, 0) is 14.3 Å². The van der Waals surface area contributed by atoms with Crippen molar-refractivity contribution in [2.45, 2.75) is 25.9 Å².